The van der Waals surface area contributed by atoms with E-state index in [4.69, 9.17) is 0 Å². The predicted octanol–water partition coefficient (Wildman–Crippen LogP) is 4.29. The van der Waals surface area contributed by atoms with E-state index < -0.39 is 23.1 Å². The fourth-order valence-electron chi connectivity index (χ4n) is 4.27. The Kier molecular flexibility index (Phi) is 6.01. The van der Waals surface area contributed by atoms with Crippen molar-refractivity contribution in [2.45, 2.75) is 6.18 Å². The number of carbonyl (C=O) groups is 1. The molecule has 0 amide bonds. The maximum Gasteiger partial charge on any atom is 0.417 e. The van der Waals surface area contributed by atoms with E-state index in [9.17, 15) is 22.4 Å². The number of imidazole rings is 1. The third-order valence-corrected chi connectivity index (χ3v) is 6.13. The van der Waals surface area contributed by atoms with Crippen LogP contribution < -0.4 is 4.90 Å². The van der Waals surface area contributed by atoms with Gasteiger partial charge in [-0.25, -0.2) is 14.4 Å². The molecular weight excluding hydrogens is 464 g/mol. The van der Waals surface area contributed by atoms with Crippen molar-refractivity contribution in [1.82, 2.24) is 24.8 Å². The highest BCUT2D eigenvalue weighted by molar-refractivity contribution is 6.10. The van der Waals surface area contributed by atoms with Crippen LogP contribution in [0.4, 0.5) is 23.4 Å². The highest BCUT2D eigenvalue weighted by Gasteiger charge is 2.35. The first-order chi connectivity index (χ1) is 16.8. The minimum atomic E-state index is -4.63. The van der Waals surface area contributed by atoms with Crippen LogP contribution in [0.25, 0.3) is 22.6 Å². The molecule has 1 saturated heterocycles. The van der Waals surface area contributed by atoms with E-state index in [1.54, 1.807) is 6.20 Å². The number of hydrogen-bond donors (Lipinski definition) is 2. The minimum absolute atomic E-state index is 0.0992. The lowest BCUT2D eigenvalue weighted by Crippen LogP contribution is -2.47. The number of pyridine rings is 1. The van der Waals surface area contributed by atoms with Gasteiger partial charge in [0.2, 0.25) is 0 Å². The molecule has 4 aromatic rings. The Bertz CT molecular complexity index is 1350. The van der Waals surface area contributed by atoms with Gasteiger partial charge in [-0.3, -0.25) is 9.69 Å². The average molecular weight is 486 g/mol. The van der Waals surface area contributed by atoms with Crippen LogP contribution >= 0.6 is 0 Å². The smallest absolute Gasteiger partial charge is 0.358 e. The molecule has 0 saturated carbocycles. The number of ketones is 1. The van der Waals surface area contributed by atoms with Gasteiger partial charge in [0.05, 0.1) is 28.5 Å². The predicted molar refractivity (Wildman–Crippen MR) is 123 cm³/mol. The van der Waals surface area contributed by atoms with Crippen LogP contribution in [0.2, 0.25) is 0 Å². The fourth-order valence-corrected chi connectivity index (χ4v) is 4.27. The largest absolute Gasteiger partial charge is 0.417 e. The summed E-state index contributed by atoms with van der Waals surface area (Å²) < 4.78 is 52.6. The van der Waals surface area contributed by atoms with Gasteiger partial charge in [-0.2, -0.15) is 13.2 Å². The quantitative estimate of drug-likeness (QED) is 0.314. The van der Waals surface area contributed by atoms with E-state index in [-0.39, 0.29) is 12.2 Å². The van der Waals surface area contributed by atoms with Crippen molar-refractivity contribution in [2.75, 3.05) is 44.3 Å². The van der Waals surface area contributed by atoms with E-state index >= 15 is 0 Å². The lowest BCUT2D eigenvalue weighted by atomic mass is 9.99. The van der Waals surface area contributed by atoms with Gasteiger partial charge in [0, 0.05) is 56.1 Å². The molecule has 0 aliphatic carbocycles. The van der Waals surface area contributed by atoms with Crippen LogP contribution in [0.15, 0.2) is 48.8 Å². The Morgan fingerprint density at radius 2 is 1.86 bits per heavy atom. The Balaban J connectivity index is 1.37. The molecule has 1 aliphatic rings. The summed E-state index contributed by atoms with van der Waals surface area (Å²) in [6, 6.07) is 8.05. The molecule has 0 unspecified atom stereocenters. The van der Waals surface area contributed by atoms with Crippen LogP contribution in [0.5, 0.6) is 0 Å². The molecule has 0 radical (unpaired) electrons. The SMILES string of the molecule is O=C(c1c[nH]c(-c2nc3cc(N4CCN(CCF)CC4)ncc3[nH]2)c1)c1ccccc1C(F)(F)F. The van der Waals surface area contributed by atoms with Gasteiger partial charge in [0.25, 0.3) is 0 Å². The molecule has 0 bridgehead atoms. The number of fused-ring (bicyclic) bond motifs is 1. The number of nitrogens with one attached hydrogen (secondary N) is 2. The second-order valence-corrected chi connectivity index (χ2v) is 8.34. The van der Waals surface area contributed by atoms with Crippen molar-refractivity contribution in [2.24, 2.45) is 0 Å². The monoisotopic (exact) mass is 486 g/mol. The van der Waals surface area contributed by atoms with E-state index in [1.807, 2.05) is 6.07 Å². The molecule has 11 heteroatoms. The number of aromatic amines is 2. The molecule has 35 heavy (non-hydrogen) atoms. The standard InChI is InChI=1S/C24H22F4N6O/c25-5-6-33-7-9-34(10-8-33)21-12-18-20(14-30-21)32-23(31-18)19-11-15(13-29-19)22(35)16-3-1-2-4-17(16)24(26,27)28/h1-4,11-14,29H,5-10H2,(H,31,32). The summed E-state index contributed by atoms with van der Waals surface area (Å²) in [6.07, 6.45) is -1.59. The molecule has 1 fully saturated rings. The van der Waals surface area contributed by atoms with Gasteiger partial charge in [0.15, 0.2) is 11.6 Å². The molecule has 3 aromatic heterocycles. The number of H-pyrrole nitrogens is 2. The zero-order valence-electron chi connectivity index (χ0n) is 18.6. The van der Waals surface area contributed by atoms with Gasteiger partial charge < -0.3 is 14.9 Å². The highest BCUT2D eigenvalue weighted by Crippen LogP contribution is 2.33. The van der Waals surface area contributed by atoms with Crippen molar-refractivity contribution >= 4 is 22.6 Å². The number of hydrogen-bond acceptors (Lipinski definition) is 5. The molecule has 7 nitrogen and oxygen atoms in total. The van der Waals surface area contributed by atoms with Crippen molar-refractivity contribution in [3.05, 3.63) is 65.5 Å². The summed E-state index contributed by atoms with van der Waals surface area (Å²) in [7, 11) is 0. The number of alkyl halides is 4. The summed E-state index contributed by atoms with van der Waals surface area (Å²) in [5.41, 5.74) is 0.541. The number of piperazine rings is 1. The maximum atomic E-state index is 13.3. The Hall–Kier alpha value is -3.73. The van der Waals surface area contributed by atoms with Crippen molar-refractivity contribution in [3.63, 3.8) is 0 Å². The molecule has 0 spiro atoms. The summed E-state index contributed by atoms with van der Waals surface area (Å²) >= 11 is 0. The van der Waals surface area contributed by atoms with E-state index in [1.165, 1.54) is 30.5 Å². The van der Waals surface area contributed by atoms with E-state index in [0.717, 1.165) is 38.1 Å². The normalized spacial score (nSPS) is 15.1. The highest BCUT2D eigenvalue weighted by atomic mass is 19.4. The van der Waals surface area contributed by atoms with Gasteiger partial charge in [-0.05, 0) is 12.1 Å². The van der Waals surface area contributed by atoms with Gasteiger partial charge in [0.1, 0.15) is 12.5 Å². The summed E-state index contributed by atoms with van der Waals surface area (Å²) in [5.74, 6) is 0.476. The Morgan fingerprint density at radius 1 is 1.09 bits per heavy atom. The number of anilines is 1. The molecule has 1 aromatic carbocycles. The maximum absolute atomic E-state index is 13.3. The zero-order chi connectivity index (χ0) is 24.6. The lowest BCUT2D eigenvalue weighted by Gasteiger charge is -2.34. The van der Waals surface area contributed by atoms with E-state index in [2.05, 4.69) is 29.7 Å². The van der Waals surface area contributed by atoms with E-state index in [0.29, 0.717) is 29.1 Å². The third kappa shape index (κ3) is 4.63. The minimum Gasteiger partial charge on any atom is -0.358 e. The van der Waals surface area contributed by atoms with Crippen molar-refractivity contribution in [3.8, 4) is 11.5 Å². The zero-order valence-corrected chi connectivity index (χ0v) is 18.6. The van der Waals surface area contributed by atoms with Crippen molar-refractivity contribution < 1.29 is 22.4 Å². The first kappa shape index (κ1) is 23.0. The first-order valence-electron chi connectivity index (χ1n) is 11.1. The number of carbonyl (C=O) groups excluding carboxylic acids is 1. The van der Waals surface area contributed by atoms with Gasteiger partial charge >= 0.3 is 6.18 Å². The molecule has 4 heterocycles. The van der Waals surface area contributed by atoms with Crippen LogP contribution in [0, 0.1) is 0 Å². The lowest BCUT2D eigenvalue weighted by molar-refractivity contribution is -0.137. The molecule has 182 valence electrons. The summed E-state index contributed by atoms with van der Waals surface area (Å²) in [6.45, 7) is 3.06. The second-order valence-electron chi connectivity index (χ2n) is 8.34. The molecular formula is C24H22F4N6O. The third-order valence-electron chi connectivity index (χ3n) is 6.13. The van der Waals surface area contributed by atoms with Crippen LogP contribution in [-0.2, 0) is 6.18 Å². The number of benzene rings is 1. The summed E-state index contributed by atoms with van der Waals surface area (Å²) in [4.78, 5) is 32.1. The summed E-state index contributed by atoms with van der Waals surface area (Å²) in [5, 5.41) is 0. The number of rotatable bonds is 6. The second kappa shape index (κ2) is 9.14. The fraction of sp³-hybridized carbons (Fsp3) is 0.292. The molecule has 5 rings (SSSR count). The Morgan fingerprint density at radius 3 is 2.60 bits per heavy atom. The number of halogens is 4. The van der Waals surface area contributed by atoms with Gasteiger partial charge in [-0.1, -0.05) is 18.2 Å². The Labute approximate surface area is 197 Å². The molecule has 1 aliphatic heterocycles. The van der Waals surface area contributed by atoms with Gasteiger partial charge in [-0.15, -0.1) is 0 Å². The van der Waals surface area contributed by atoms with Crippen molar-refractivity contribution in [1.29, 1.82) is 0 Å². The molecule has 0 atom stereocenters. The van der Waals surface area contributed by atoms with Crippen LogP contribution in [-0.4, -0.2) is 70.0 Å². The average Bonchev–Trinajstić information content (AvgIpc) is 3.51. The number of aromatic nitrogens is 4. The number of nitrogens with zero attached hydrogens (tertiary/aromatic N) is 4. The molecule has 2 N–H and O–H groups in total. The topological polar surface area (TPSA) is 80.9 Å². The van der Waals surface area contributed by atoms with Crippen LogP contribution in [0.1, 0.15) is 21.5 Å². The first-order valence-corrected chi connectivity index (χ1v) is 11.1. The van der Waals surface area contributed by atoms with Crippen LogP contribution in [0.3, 0.4) is 0 Å².